The number of carbonyl (C=O) groups excluding carboxylic acids is 1. The average molecular weight is 404 g/mol. The maximum Gasteiger partial charge on any atom is 0.268 e. The molecule has 0 spiro atoms. The van der Waals surface area contributed by atoms with Gasteiger partial charge in [-0.2, -0.15) is 0 Å². The number of H-pyrrole nitrogens is 1. The number of anilines is 2. The van der Waals surface area contributed by atoms with E-state index in [0.29, 0.717) is 24.0 Å². The Kier molecular flexibility index (Phi) is 4.75. The van der Waals surface area contributed by atoms with Crippen molar-refractivity contribution < 1.29 is 9.53 Å². The molecular formula is C22H20N4O2S. The summed E-state index contributed by atoms with van der Waals surface area (Å²) in [4.78, 5) is 23.5. The van der Waals surface area contributed by atoms with Crippen LogP contribution in [0.5, 0.6) is 0 Å². The summed E-state index contributed by atoms with van der Waals surface area (Å²) in [5.41, 5.74) is 3.90. The van der Waals surface area contributed by atoms with E-state index in [1.54, 1.807) is 0 Å². The van der Waals surface area contributed by atoms with Gasteiger partial charge in [-0.15, -0.1) is 11.3 Å². The van der Waals surface area contributed by atoms with E-state index in [1.807, 2.05) is 48.5 Å². The Labute approximate surface area is 172 Å². The molecule has 1 fully saturated rings. The van der Waals surface area contributed by atoms with Crippen LogP contribution in [0.25, 0.3) is 22.2 Å². The van der Waals surface area contributed by atoms with Crippen molar-refractivity contribution in [2.75, 3.05) is 36.5 Å². The number of thiophene rings is 1. The van der Waals surface area contributed by atoms with Crippen molar-refractivity contribution in [2.45, 2.75) is 0 Å². The number of morpholine rings is 1. The number of fused-ring (bicyclic) bond motifs is 1. The largest absolute Gasteiger partial charge is 0.378 e. The van der Waals surface area contributed by atoms with Gasteiger partial charge in [0.25, 0.3) is 5.91 Å². The van der Waals surface area contributed by atoms with Crippen LogP contribution in [0.4, 0.5) is 10.9 Å². The third-order valence-corrected chi connectivity index (χ3v) is 6.14. The number of para-hydroxylation sites is 2. The summed E-state index contributed by atoms with van der Waals surface area (Å²) in [5, 5.41) is 4.01. The maximum atomic E-state index is 13.0. The lowest BCUT2D eigenvalue weighted by Gasteiger charge is -2.28. The number of benzene rings is 2. The molecule has 2 aromatic carbocycles. The minimum absolute atomic E-state index is 0.161. The molecule has 2 N–H and O–H groups in total. The minimum Gasteiger partial charge on any atom is -0.378 e. The van der Waals surface area contributed by atoms with Crippen LogP contribution in [0.1, 0.15) is 9.67 Å². The summed E-state index contributed by atoms with van der Waals surface area (Å²) in [7, 11) is 0. The van der Waals surface area contributed by atoms with Gasteiger partial charge in [0.2, 0.25) is 5.95 Å². The molecule has 1 amide bonds. The van der Waals surface area contributed by atoms with Crippen molar-refractivity contribution in [3.05, 3.63) is 65.5 Å². The SMILES string of the molecule is O=C(Nc1nc2ccccc2[nH]1)c1cc(-c2ccccc2)c(N2CCOCC2)s1. The lowest BCUT2D eigenvalue weighted by Crippen LogP contribution is -2.35. The van der Waals surface area contributed by atoms with Crippen molar-refractivity contribution in [2.24, 2.45) is 0 Å². The molecule has 7 heteroatoms. The lowest BCUT2D eigenvalue weighted by molar-refractivity contribution is 0.103. The van der Waals surface area contributed by atoms with Crippen molar-refractivity contribution in [3.63, 3.8) is 0 Å². The number of aromatic amines is 1. The van der Waals surface area contributed by atoms with Gasteiger partial charge in [-0.05, 0) is 23.8 Å². The van der Waals surface area contributed by atoms with Gasteiger partial charge in [-0.3, -0.25) is 10.1 Å². The zero-order valence-corrected chi connectivity index (χ0v) is 16.5. The van der Waals surface area contributed by atoms with Crippen molar-refractivity contribution in [3.8, 4) is 11.1 Å². The molecule has 0 radical (unpaired) electrons. The van der Waals surface area contributed by atoms with E-state index in [0.717, 1.165) is 40.3 Å². The number of aromatic nitrogens is 2. The molecule has 6 nitrogen and oxygen atoms in total. The molecule has 0 bridgehead atoms. The highest BCUT2D eigenvalue weighted by Crippen LogP contribution is 2.39. The van der Waals surface area contributed by atoms with Crippen LogP contribution in [0.3, 0.4) is 0 Å². The Morgan fingerprint density at radius 3 is 2.62 bits per heavy atom. The van der Waals surface area contributed by atoms with Gasteiger partial charge >= 0.3 is 0 Å². The lowest BCUT2D eigenvalue weighted by atomic mass is 10.1. The quantitative estimate of drug-likeness (QED) is 0.530. The average Bonchev–Trinajstić information content (AvgIpc) is 3.39. The van der Waals surface area contributed by atoms with Crippen molar-refractivity contribution in [1.29, 1.82) is 0 Å². The molecule has 3 heterocycles. The number of rotatable bonds is 4. The monoisotopic (exact) mass is 404 g/mol. The molecule has 0 aliphatic carbocycles. The van der Waals surface area contributed by atoms with Crippen molar-refractivity contribution in [1.82, 2.24) is 9.97 Å². The zero-order valence-electron chi connectivity index (χ0n) is 15.7. The van der Waals surface area contributed by atoms with Gasteiger partial charge in [0.1, 0.15) is 0 Å². The smallest absolute Gasteiger partial charge is 0.268 e. The number of hydrogen-bond acceptors (Lipinski definition) is 5. The number of carbonyl (C=O) groups is 1. The first kappa shape index (κ1) is 17.9. The Bertz CT molecular complexity index is 1110. The summed E-state index contributed by atoms with van der Waals surface area (Å²) in [5.74, 6) is 0.296. The van der Waals surface area contributed by atoms with E-state index in [1.165, 1.54) is 11.3 Å². The standard InChI is InChI=1S/C22H20N4O2S/c27-20(25-22-23-17-8-4-5-9-18(17)24-22)19-14-16(15-6-2-1-3-7-15)21(29-19)26-10-12-28-13-11-26/h1-9,14H,10-13H2,(H2,23,24,25,27). The normalized spacial score (nSPS) is 14.3. The molecule has 0 unspecified atom stereocenters. The van der Waals surface area contributed by atoms with Crippen LogP contribution in [0.15, 0.2) is 60.7 Å². The van der Waals surface area contributed by atoms with E-state index in [4.69, 9.17) is 4.74 Å². The van der Waals surface area contributed by atoms with Gasteiger partial charge < -0.3 is 14.6 Å². The molecular weight excluding hydrogens is 384 g/mol. The summed E-state index contributed by atoms with van der Waals surface area (Å²) in [6, 6.07) is 19.9. The molecule has 0 atom stereocenters. The zero-order chi connectivity index (χ0) is 19.6. The molecule has 1 saturated heterocycles. The number of hydrogen-bond donors (Lipinski definition) is 2. The molecule has 29 heavy (non-hydrogen) atoms. The van der Waals surface area contributed by atoms with Crippen LogP contribution in [0, 0.1) is 0 Å². The number of ether oxygens (including phenoxy) is 1. The molecule has 0 saturated carbocycles. The number of nitrogens with zero attached hydrogens (tertiary/aromatic N) is 2. The molecule has 1 aliphatic rings. The predicted molar refractivity (Wildman–Crippen MR) is 117 cm³/mol. The number of amides is 1. The second-order valence-electron chi connectivity index (χ2n) is 6.85. The molecule has 1 aliphatic heterocycles. The molecule has 4 aromatic rings. The first-order valence-electron chi connectivity index (χ1n) is 9.56. The van der Waals surface area contributed by atoms with Crippen LogP contribution in [-0.4, -0.2) is 42.2 Å². The van der Waals surface area contributed by atoms with Crippen LogP contribution < -0.4 is 10.2 Å². The van der Waals surface area contributed by atoms with Gasteiger partial charge in [0.05, 0.1) is 34.1 Å². The van der Waals surface area contributed by atoms with E-state index in [2.05, 4.69) is 32.3 Å². The van der Waals surface area contributed by atoms with E-state index < -0.39 is 0 Å². The van der Waals surface area contributed by atoms with E-state index >= 15 is 0 Å². The number of imidazole rings is 1. The highest BCUT2D eigenvalue weighted by molar-refractivity contribution is 7.18. The fourth-order valence-electron chi connectivity index (χ4n) is 3.50. The Balaban J connectivity index is 1.47. The summed E-state index contributed by atoms with van der Waals surface area (Å²) >= 11 is 1.51. The first-order chi connectivity index (χ1) is 14.3. The Hall–Kier alpha value is -3.16. The highest BCUT2D eigenvalue weighted by atomic mass is 32.1. The first-order valence-corrected chi connectivity index (χ1v) is 10.4. The second kappa shape index (κ2) is 7.69. The van der Waals surface area contributed by atoms with Gasteiger partial charge in [0.15, 0.2) is 0 Å². The third kappa shape index (κ3) is 3.62. The summed E-state index contributed by atoms with van der Waals surface area (Å²) in [6.45, 7) is 3.05. The topological polar surface area (TPSA) is 70.2 Å². The van der Waals surface area contributed by atoms with Crippen LogP contribution in [-0.2, 0) is 4.74 Å². The predicted octanol–water partition coefficient (Wildman–Crippen LogP) is 4.38. The van der Waals surface area contributed by atoms with Gasteiger partial charge in [0, 0.05) is 18.7 Å². The third-order valence-electron chi connectivity index (χ3n) is 4.94. The van der Waals surface area contributed by atoms with E-state index in [-0.39, 0.29) is 5.91 Å². The fraction of sp³-hybridized carbons (Fsp3) is 0.182. The Morgan fingerprint density at radius 1 is 1.07 bits per heavy atom. The van der Waals surface area contributed by atoms with Crippen molar-refractivity contribution >= 4 is 39.2 Å². The van der Waals surface area contributed by atoms with Gasteiger partial charge in [-0.1, -0.05) is 42.5 Å². The summed E-state index contributed by atoms with van der Waals surface area (Å²) in [6.07, 6.45) is 0. The number of nitrogens with one attached hydrogen (secondary N) is 2. The van der Waals surface area contributed by atoms with Crippen LogP contribution in [0.2, 0.25) is 0 Å². The minimum atomic E-state index is -0.161. The second-order valence-corrected chi connectivity index (χ2v) is 7.88. The highest BCUT2D eigenvalue weighted by Gasteiger charge is 2.22. The maximum absolute atomic E-state index is 13.0. The molecule has 2 aromatic heterocycles. The molecule has 5 rings (SSSR count). The fourth-order valence-corrected chi connectivity index (χ4v) is 4.63. The molecule has 146 valence electrons. The van der Waals surface area contributed by atoms with E-state index in [9.17, 15) is 4.79 Å². The Morgan fingerprint density at radius 2 is 1.83 bits per heavy atom. The summed E-state index contributed by atoms with van der Waals surface area (Å²) < 4.78 is 5.50. The van der Waals surface area contributed by atoms with Gasteiger partial charge in [-0.25, -0.2) is 4.98 Å². The van der Waals surface area contributed by atoms with Crippen LogP contribution >= 0.6 is 11.3 Å².